The zero-order valence-corrected chi connectivity index (χ0v) is 41.6. The number of thiazole rings is 1. The van der Waals surface area contributed by atoms with Crippen LogP contribution in [0.5, 0.6) is 0 Å². The number of benzene rings is 1. The Kier molecular flexibility index (Phi) is 18.0. The van der Waals surface area contributed by atoms with Crippen molar-refractivity contribution in [2.75, 3.05) is 53.6 Å². The summed E-state index contributed by atoms with van der Waals surface area (Å²) >= 11 is 3.18. The summed E-state index contributed by atoms with van der Waals surface area (Å²) < 4.78 is 13.4. The van der Waals surface area contributed by atoms with Crippen LogP contribution in [-0.4, -0.2) is 147 Å². The van der Waals surface area contributed by atoms with E-state index in [4.69, 9.17) is 19.4 Å². The molecule has 3 N–H and O–H groups in total. The second-order valence-electron chi connectivity index (χ2n) is 17.4. The molecular weight excluding hydrogens is 930 g/mol. The number of hydrogen-bond donors (Lipinski definition) is 3. The third kappa shape index (κ3) is 11.6. The summed E-state index contributed by atoms with van der Waals surface area (Å²) in [7, 11) is 3.29. The van der Waals surface area contributed by atoms with Crippen molar-refractivity contribution >= 4 is 69.6 Å². The first-order chi connectivity index (χ1) is 30.2. The van der Waals surface area contributed by atoms with Gasteiger partial charge in [-0.25, -0.2) is 15.2 Å². The normalized spacial score (nSPS) is 15.9. The summed E-state index contributed by atoms with van der Waals surface area (Å²) in [6.45, 7) is 15.5. The molecule has 0 spiro atoms. The number of urea groups is 1. The van der Waals surface area contributed by atoms with Gasteiger partial charge in [-0.05, 0) is 68.9 Å². The second kappa shape index (κ2) is 22.7. The number of aryl methyl sites for hydroxylation is 1. The third-order valence-corrected chi connectivity index (χ3v) is 12.7. The van der Waals surface area contributed by atoms with Crippen LogP contribution in [0, 0.1) is 17.3 Å². The van der Waals surface area contributed by atoms with Crippen LogP contribution >= 0.6 is 11.3 Å². The fourth-order valence-electron chi connectivity index (χ4n) is 8.58. The van der Waals surface area contributed by atoms with Gasteiger partial charge in [-0.1, -0.05) is 33.8 Å². The average molecular weight is 996 g/mol. The molecule has 3 unspecified atom stereocenters. The van der Waals surface area contributed by atoms with E-state index in [-0.39, 0.29) is 49.5 Å². The Labute approximate surface area is 389 Å². The molecule has 3 aromatic heterocycles. The van der Waals surface area contributed by atoms with Gasteiger partial charge in [0, 0.05) is 105 Å². The van der Waals surface area contributed by atoms with E-state index in [1.165, 1.54) is 16.2 Å². The SMILES string of the molecule is CCn1c(-c2cccnc2C(C)OC)c(CC(C)(C)COC=O)c2cc(-c3csc(CC(NC(=O)C(C(C)C)N(C)C(=O)N4CC(CO)C4)C(=O)N4CCCCN4)n3)ccc21.[CH3][Sb]. The number of likely N-dealkylation sites (N-methyl/N-ethyl adjacent to an activating group) is 1. The van der Waals surface area contributed by atoms with Gasteiger partial charge in [-0.3, -0.25) is 24.4 Å². The molecule has 0 aliphatic carbocycles. The Bertz CT molecular complexity index is 2180. The number of aromatic nitrogens is 3. The van der Waals surface area contributed by atoms with Gasteiger partial charge in [0.1, 0.15) is 12.1 Å². The van der Waals surface area contributed by atoms with Crippen molar-refractivity contribution in [2.45, 2.75) is 96.8 Å². The first-order valence-corrected chi connectivity index (χ1v) is 25.2. The number of amides is 4. The van der Waals surface area contributed by atoms with Crippen LogP contribution < -0.4 is 10.7 Å². The van der Waals surface area contributed by atoms with Gasteiger partial charge in [-0.15, -0.1) is 11.3 Å². The summed E-state index contributed by atoms with van der Waals surface area (Å²) in [5.41, 5.74) is 9.42. The van der Waals surface area contributed by atoms with Crippen LogP contribution in [0.25, 0.3) is 33.4 Å². The number of hydrazine groups is 1. The first-order valence-electron chi connectivity index (χ1n) is 21.8. The van der Waals surface area contributed by atoms with Gasteiger partial charge < -0.3 is 34.3 Å². The molecule has 2 aliphatic heterocycles. The second-order valence-corrected chi connectivity index (χ2v) is 18.3. The molecular formula is C46H65N8O7SSb. The zero-order valence-electron chi connectivity index (χ0n) is 38.2. The van der Waals surface area contributed by atoms with Crippen molar-refractivity contribution in [2.24, 2.45) is 17.3 Å². The van der Waals surface area contributed by atoms with E-state index >= 15 is 0 Å². The van der Waals surface area contributed by atoms with Crippen molar-refractivity contribution in [1.82, 2.24) is 40.1 Å². The zero-order chi connectivity index (χ0) is 46.0. The number of aliphatic hydroxyl groups excluding tert-OH is 1. The van der Waals surface area contributed by atoms with Gasteiger partial charge in [0.05, 0.1) is 34.8 Å². The molecule has 63 heavy (non-hydrogen) atoms. The summed E-state index contributed by atoms with van der Waals surface area (Å²) in [5.74, 6) is -0.868. The Morgan fingerprint density at radius 2 is 1.90 bits per heavy atom. The van der Waals surface area contributed by atoms with E-state index in [2.05, 4.69) is 65.2 Å². The van der Waals surface area contributed by atoms with Crippen LogP contribution in [0.4, 0.5) is 4.79 Å². The number of hydrogen-bond acceptors (Lipinski definition) is 11. The first kappa shape index (κ1) is 49.9. The van der Waals surface area contributed by atoms with Gasteiger partial charge in [-0.2, -0.15) is 0 Å². The van der Waals surface area contributed by atoms with Gasteiger partial charge in [0.15, 0.2) is 0 Å². The van der Waals surface area contributed by atoms with E-state index in [0.29, 0.717) is 50.6 Å². The molecule has 5 heterocycles. The van der Waals surface area contributed by atoms with E-state index in [0.717, 1.165) is 57.5 Å². The number of rotatable bonds is 18. The molecule has 4 amide bonds. The summed E-state index contributed by atoms with van der Waals surface area (Å²) in [5, 5.41) is 17.8. The molecule has 2 aliphatic rings. The Balaban J connectivity index is 0.00000369. The predicted octanol–water partition coefficient (Wildman–Crippen LogP) is 5.65. The van der Waals surface area contributed by atoms with Gasteiger partial charge >= 0.3 is 33.9 Å². The molecule has 15 nitrogen and oxygen atoms in total. The number of methoxy groups -OCH3 is 1. The number of carbonyl (C=O) groups excluding carboxylic acids is 4. The van der Waals surface area contributed by atoms with Crippen molar-refractivity contribution in [3.05, 3.63) is 58.2 Å². The van der Waals surface area contributed by atoms with Crippen LogP contribution in [0.15, 0.2) is 41.9 Å². The quantitative estimate of drug-likeness (QED) is 0.0836. The predicted molar refractivity (Wildman–Crippen MR) is 247 cm³/mol. The maximum atomic E-state index is 14.1. The molecule has 2 fully saturated rings. The molecule has 1 aromatic carbocycles. The fraction of sp³-hybridized carbons (Fsp3) is 0.565. The van der Waals surface area contributed by atoms with Gasteiger partial charge in [0.2, 0.25) is 5.91 Å². The number of likely N-dealkylation sites (tertiary alicyclic amines) is 1. The minimum atomic E-state index is -0.932. The van der Waals surface area contributed by atoms with E-state index < -0.39 is 23.4 Å². The minimum absolute atomic E-state index is 0.0105. The molecule has 4 aromatic rings. The number of ether oxygens (including phenoxy) is 2. The van der Waals surface area contributed by atoms with Crippen LogP contribution in [-0.2, 0) is 43.2 Å². The van der Waals surface area contributed by atoms with E-state index in [1.807, 2.05) is 32.2 Å². The number of nitrogens with zero attached hydrogens (tertiary/aromatic N) is 6. The topological polar surface area (TPSA) is 171 Å². The molecule has 6 rings (SSSR count). The number of carbonyl (C=O) groups is 4. The average Bonchev–Trinajstić information content (AvgIpc) is 3.86. The van der Waals surface area contributed by atoms with Gasteiger partial charge in [0.25, 0.3) is 12.4 Å². The number of pyridine rings is 1. The molecule has 3 atom stereocenters. The van der Waals surface area contributed by atoms with Crippen molar-refractivity contribution in [3.8, 4) is 22.5 Å². The van der Waals surface area contributed by atoms with E-state index in [9.17, 15) is 24.3 Å². The van der Waals surface area contributed by atoms with E-state index in [1.54, 1.807) is 53.3 Å². The Morgan fingerprint density at radius 3 is 2.54 bits per heavy atom. The van der Waals surface area contributed by atoms with Crippen LogP contribution in [0.1, 0.15) is 76.8 Å². The third-order valence-electron chi connectivity index (χ3n) is 11.8. The van der Waals surface area contributed by atoms with Crippen molar-refractivity contribution < 1.29 is 33.8 Å². The molecule has 342 valence electrons. The summed E-state index contributed by atoms with van der Waals surface area (Å²) in [6, 6.07) is 8.32. The molecule has 0 bridgehead atoms. The number of nitrogens with one attached hydrogen (secondary N) is 2. The Morgan fingerprint density at radius 1 is 1.16 bits per heavy atom. The van der Waals surface area contributed by atoms with Crippen molar-refractivity contribution in [3.63, 3.8) is 0 Å². The molecule has 0 saturated carbocycles. The summed E-state index contributed by atoms with van der Waals surface area (Å²) in [4.78, 5) is 67.9. The maximum absolute atomic E-state index is 14.1. The number of aliphatic hydroxyl groups is 1. The van der Waals surface area contributed by atoms with Crippen LogP contribution in [0.2, 0.25) is 4.87 Å². The molecule has 17 heteroatoms. The molecule has 2 radical (unpaired) electrons. The number of fused-ring (bicyclic) bond motifs is 1. The monoisotopic (exact) mass is 994 g/mol. The standard InChI is InChI=1S/C45H62N8O7S.CH3.Sb/c1-9-52-37-15-14-31(19-33(37)34(21-45(5,6)26-60-27-55)41(52)32-13-12-16-46-39(32)29(4)59-8)36-25-61-38(48-36)20-35(43(57)53-18-11-10-17-47-53)49-42(56)40(28(2)3)50(7)44(58)51-22-30(23-51)24-54;;/h12-16,19,25,27-30,35,40,47,54H,9-11,17-18,20-24,26H2,1-8H3,(H,49,56);1H3;. The molecule has 2 saturated heterocycles. The van der Waals surface area contributed by atoms with Crippen LogP contribution in [0.3, 0.4) is 0 Å². The van der Waals surface area contributed by atoms with Crippen molar-refractivity contribution in [1.29, 1.82) is 0 Å². The Hall–Kier alpha value is -4.08. The fourth-order valence-corrected chi connectivity index (χ4v) is 9.43. The summed E-state index contributed by atoms with van der Waals surface area (Å²) in [6.07, 6.45) is 4.09.